The van der Waals surface area contributed by atoms with Gasteiger partial charge < -0.3 is 5.32 Å². The highest BCUT2D eigenvalue weighted by Crippen LogP contribution is 2.40. The van der Waals surface area contributed by atoms with E-state index in [2.05, 4.69) is 24.1 Å². The monoisotopic (exact) mass is 252 g/mol. The first-order valence-electron chi connectivity index (χ1n) is 8.32. The molecule has 2 heteroatoms. The van der Waals surface area contributed by atoms with Gasteiger partial charge in [-0.15, -0.1) is 0 Å². The first kappa shape index (κ1) is 14.3. The van der Waals surface area contributed by atoms with Gasteiger partial charge in [0.05, 0.1) is 0 Å². The molecule has 1 aliphatic heterocycles. The zero-order chi connectivity index (χ0) is 12.8. The van der Waals surface area contributed by atoms with E-state index in [9.17, 15) is 0 Å². The third kappa shape index (κ3) is 2.91. The summed E-state index contributed by atoms with van der Waals surface area (Å²) in [6, 6.07) is 0.730. The molecule has 0 aromatic heterocycles. The smallest absolute Gasteiger partial charge is 0.0362 e. The lowest BCUT2D eigenvalue weighted by molar-refractivity contribution is 0.0342. The number of nitrogens with one attached hydrogen (secondary N) is 1. The summed E-state index contributed by atoms with van der Waals surface area (Å²) in [7, 11) is 0. The lowest BCUT2D eigenvalue weighted by Crippen LogP contribution is -2.61. The van der Waals surface area contributed by atoms with Crippen LogP contribution < -0.4 is 5.32 Å². The number of hydrogen-bond donors (Lipinski definition) is 1. The van der Waals surface area contributed by atoms with Crippen LogP contribution in [-0.2, 0) is 0 Å². The quantitative estimate of drug-likeness (QED) is 0.777. The standard InChI is InChI=1S/C16H32N2/c1-3-10-15(17-4-2)16(11-6-7-12-16)18-13-8-5-9-14-18/h15,17H,3-14H2,1-2H3. The van der Waals surface area contributed by atoms with Crippen LogP contribution in [0.4, 0.5) is 0 Å². The minimum Gasteiger partial charge on any atom is -0.312 e. The third-order valence-corrected chi connectivity index (χ3v) is 5.13. The van der Waals surface area contributed by atoms with E-state index in [4.69, 9.17) is 0 Å². The van der Waals surface area contributed by atoms with Crippen molar-refractivity contribution in [3.8, 4) is 0 Å². The summed E-state index contributed by atoms with van der Waals surface area (Å²) in [5.41, 5.74) is 0.506. The molecular weight excluding hydrogens is 220 g/mol. The Morgan fingerprint density at radius 3 is 2.22 bits per heavy atom. The average Bonchev–Trinajstić information content (AvgIpc) is 2.90. The lowest BCUT2D eigenvalue weighted by Gasteiger charge is -2.49. The molecule has 0 spiro atoms. The van der Waals surface area contributed by atoms with Crippen molar-refractivity contribution in [2.75, 3.05) is 19.6 Å². The first-order chi connectivity index (χ1) is 8.83. The Labute approximate surface area is 114 Å². The first-order valence-corrected chi connectivity index (χ1v) is 8.32. The van der Waals surface area contributed by atoms with Crippen LogP contribution in [-0.4, -0.2) is 36.1 Å². The van der Waals surface area contributed by atoms with Gasteiger partial charge >= 0.3 is 0 Å². The van der Waals surface area contributed by atoms with Crippen LogP contribution in [0.25, 0.3) is 0 Å². The van der Waals surface area contributed by atoms with E-state index in [0.717, 1.165) is 12.6 Å². The Bertz CT molecular complexity index is 221. The Morgan fingerprint density at radius 2 is 1.67 bits per heavy atom. The molecule has 0 bridgehead atoms. The zero-order valence-corrected chi connectivity index (χ0v) is 12.5. The van der Waals surface area contributed by atoms with Crippen LogP contribution in [0.2, 0.25) is 0 Å². The number of rotatable bonds is 6. The summed E-state index contributed by atoms with van der Waals surface area (Å²) in [6.45, 7) is 8.43. The van der Waals surface area contributed by atoms with Crippen molar-refractivity contribution in [3.63, 3.8) is 0 Å². The SMILES string of the molecule is CCCC(NCC)C1(N2CCCCC2)CCCC1. The molecule has 1 saturated carbocycles. The third-order valence-electron chi connectivity index (χ3n) is 5.13. The van der Waals surface area contributed by atoms with Gasteiger partial charge in [0.25, 0.3) is 0 Å². The molecule has 2 fully saturated rings. The number of piperidine rings is 1. The van der Waals surface area contributed by atoms with Crippen molar-refractivity contribution in [1.82, 2.24) is 10.2 Å². The molecule has 1 unspecified atom stereocenters. The number of nitrogens with zero attached hydrogens (tertiary/aromatic N) is 1. The number of likely N-dealkylation sites (tertiary alicyclic amines) is 1. The van der Waals surface area contributed by atoms with Gasteiger partial charge in [-0.3, -0.25) is 4.90 Å². The zero-order valence-electron chi connectivity index (χ0n) is 12.5. The van der Waals surface area contributed by atoms with E-state index >= 15 is 0 Å². The maximum absolute atomic E-state index is 3.82. The van der Waals surface area contributed by atoms with E-state index in [1.165, 1.54) is 70.9 Å². The second-order valence-corrected chi connectivity index (χ2v) is 6.26. The molecule has 1 aliphatic carbocycles. The summed E-state index contributed by atoms with van der Waals surface area (Å²) in [4.78, 5) is 2.87. The second-order valence-electron chi connectivity index (χ2n) is 6.26. The van der Waals surface area contributed by atoms with Gasteiger partial charge in [0, 0.05) is 11.6 Å². The van der Waals surface area contributed by atoms with Crippen LogP contribution in [0, 0.1) is 0 Å². The molecule has 106 valence electrons. The predicted molar refractivity (Wildman–Crippen MR) is 79.0 cm³/mol. The summed E-state index contributed by atoms with van der Waals surface area (Å²) >= 11 is 0. The fraction of sp³-hybridized carbons (Fsp3) is 1.00. The molecule has 0 aromatic carbocycles. The fourth-order valence-corrected chi connectivity index (χ4v) is 4.31. The fourth-order valence-electron chi connectivity index (χ4n) is 4.31. The second kappa shape index (κ2) is 6.91. The van der Waals surface area contributed by atoms with Gasteiger partial charge in [0.1, 0.15) is 0 Å². The van der Waals surface area contributed by atoms with Crippen LogP contribution in [0.3, 0.4) is 0 Å². The van der Waals surface area contributed by atoms with E-state index in [0.29, 0.717) is 5.54 Å². The van der Waals surface area contributed by atoms with Crippen molar-refractivity contribution in [1.29, 1.82) is 0 Å². The Hall–Kier alpha value is -0.0800. The van der Waals surface area contributed by atoms with Crippen LogP contribution in [0.5, 0.6) is 0 Å². The van der Waals surface area contributed by atoms with Gasteiger partial charge in [-0.05, 0) is 51.7 Å². The van der Waals surface area contributed by atoms with Crippen molar-refractivity contribution >= 4 is 0 Å². The van der Waals surface area contributed by atoms with Crippen molar-refractivity contribution in [3.05, 3.63) is 0 Å². The van der Waals surface area contributed by atoms with Gasteiger partial charge in [-0.2, -0.15) is 0 Å². The predicted octanol–water partition coefficient (Wildman–Crippen LogP) is 3.56. The largest absolute Gasteiger partial charge is 0.312 e. The molecule has 2 aliphatic rings. The highest BCUT2D eigenvalue weighted by molar-refractivity contribution is 5.04. The summed E-state index contributed by atoms with van der Waals surface area (Å²) in [5.74, 6) is 0. The van der Waals surface area contributed by atoms with Gasteiger partial charge in [0.15, 0.2) is 0 Å². The van der Waals surface area contributed by atoms with Crippen molar-refractivity contribution in [2.24, 2.45) is 0 Å². The molecular formula is C16H32N2. The Kier molecular flexibility index (Phi) is 5.50. The van der Waals surface area contributed by atoms with E-state index in [1.807, 2.05) is 0 Å². The van der Waals surface area contributed by atoms with Gasteiger partial charge in [-0.1, -0.05) is 39.5 Å². The highest BCUT2D eigenvalue weighted by atomic mass is 15.2. The average molecular weight is 252 g/mol. The molecule has 1 saturated heterocycles. The van der Waals surface area contributed by atoms with E-state index < -0.39 is 0 Å². The summed E-state index contributed by atoms with van der Waals surface area (Å²) in [6.07, 6.45) is 12.7. The minimum atomic E-state index is 0.506. The minimum absolute atomic E-state index is 0.506. The Morgan fingerprint density at radius 1 is 1.00 bits per heavy atom. The molecule has 2 rings (SSSR count). The summed E-state index contributed by atoms with van der Waals surface area (Å²) in [5, 5.41) is 3.82. The molecule has 18 heavy (non-hydrogen) atoms. The topological polar surface area (TPSA) is 15.3 Å². The molecule has 1 N–H and O–H groups in total. The van der Waals surface area contributed by atoms with E-state index in [-0.39, 0.29) is 0 Å². The van der Waals surface area contributed by atoms with Crippen LogP contribution in [0.1, 0.15) is 71.6 Å². The van der Waals surface area contributed by atoms with Crippen LogP contribution >= 0.6 is 0 Å². The van der Waals surface area contributed by atoms with Crippen LogP contribution in [0.15, 0.2) is 0 Å². The molecule has 1 heterocycles. The van der Waals surface area contributed by atoms with Gasteiger partial charge in [-0.25, -0.2) is 0 Å². The molecule has 0 aromatic rings. The summed E-state index contributed by atoms with van der Waals surface area (Å²) < 4.78 is 0. The van der Waals surface area contributed by atoms with Crippen molar-refractivity contribution < 1.29 is 0 Å². The maximum atomic E-state index is 3.82. The van der Waals surface area contributed by atoms with E-state index in [1.54, 1.807) is 0 Å². The Balaban J connectivity index is 2.12. The molecule has 2 nitrogen and oxygen atoms in total. The number of likely N-dealkylation sites (N-methyl/N-ethyl adjacent to an activating group) is 1. The van der Waals surface area contributed by atoms with Crippen molar-refractivity contribution in [2.45, 2.75) is 83.2 Å². The molecule has 0 amide bonds. The number of hydrogen-bond acceptors (Lipinski definition) is 2. The van der Waals surface area contributed by atoms with Gasteiger partial charge in [0.2, 0.25) is 0 Å². The highest BCUT2D eigenvalue weighted by Gasteiger charge is 2.45. The molecule has 1 atom stereocenters. The maximum Gasteiger partial charge on any atom is 0.0362 e. The molecule has 0 radical (unpaired) electrons. The lowest BCUT2D eigenvalue weighted by atomic mass is 9.82. The normalized spacial score (nSPS) is 26.3.